The van der Waals surface area contributed by atoms with E-state index in [9.17, 15) is 14.0 Å². The fourth-order valence-corrected chi connectivity index (χ4v) is 3.37. The Morgan fingerprint density at radius 3 is 2.21 bits per heavy atom. The van der Waals surface area contributed by atoms with E-state index in [1.807, 2.05) is 43.3 Å². The Balaban J connectivity index is 1.49. The number of hydrogen-bond acceptors (Lipinski definition) is 2. The molecule has 0 unspecified atom stereocenters. The van der Waals surface area contributed by atoms with E-state index >= 15 is 0 Å². The summed E-state index contributed by atoms with van der Waals surface area (Å²) >= 11 is 0. The predicted molar refractivity (Wildman–Crippen MR) is 108 cm³/mol. The lowest BCUT2D eigenvalue weighted by atomic mass is 10.1. The molecule has 2 aromatic carbocycles. The van der Waals surface area contributed by atoms with Crippen molar-refractivity contribution in [2.24, 2.45) is 0 Å². The number of nitrogens with zero attached hydrogens (tertiary/aromatic N) is 2. The lowest BCUT2D eigenvalue weighted by molar-refractivity contribution is -0.137. The van der Waals surface area contributed by atoms with Gasteiger partial charge in [-0.3, -0.25) is 9.59 Å². The van der Waals surface area contributed by atoms with Crippen LogP contribution >= 0.6 is 0 Å². The monoisotopic (exact) mass is 380 g/mol. The van der Waals surface area contributed by atoms with Gasteiger partial charge in [0.1, 0.15) is 5.82 Å². The number of halogens is 1. The molecule has 0 saturated carbocycles. The largest absolute Gasteiger partial charge is 0.339 e. The fraction of sp³-hybridized carbons (Fsp3) is 0.304. The molecule has 0 bridgehead atoms. The van der Waals surface area contributed by atoms with Crippen molar-refractivity contribution in [3.05, 3.63) is 77.1 Å². The van der Waals surface area contributed by atoms with Crippen molar-refractivity contribution < 1.29 is 14.0 Å². The van der Waals surface area contributed by atoms with Gasteiger partial charge in [0.2, 0.25) is 11.8 Å². The maximum absolute atomic E-state index is 13.7. The topological polar surface area (TPSA) is 40.6 Å². The molecule has 1 heterocycles. The van der Waals surface area contributed by atoms with Crippen LogP contribution in [0.1, 0.15) is 24.5 Å². The summed E-state index contributed by atoms with van der Waals surface area (Å²) in [6.07, 6.45) is 2.56. The molecule has 0 aliphatic carbocycles. The minimum atomic E-state index is -0.272. The molecule has 2 amide bonds. The number of carbonyl (C=O) groups is 2. The fourth-order valence-electron chi connectivity index (χ4n) is 3.37. The molecule has 1 saturated heterocycles. The number of carbonyl (C=O) groups excluding carboxylic acids is 2. The van der Waals surface area contributed by atoms with E-state index in [1.54, 1.807) is 28.0 Å². The molecule has 3 rings (SSSR count). The highest BCUT2D eigenvalue weighted by Gasteiger charge is 2.24. The zero-order valence-electron chi connectivity index (χ0n) is 16.1. The van der Waals surface area contributed by atoms with E-state index in [4.69, 9.17) is 0 Å². The van der Waals surface area contributed by atoms with E-state index < -0.39 is 0 Å². The van der Waals surface area contributed by atoms with Gasteiger partial charge in [-0.2, -0.15) is 0 Å². The van der Waals surface area contributed by atoms with Crippen LogP contribution in [-0.2, 0) is 16.0 Å². The van der Waals surface area contributed by atoms with Crippen LogP contribution in [0.25, 0.3) is 6.08 Å². The number of amides is 2. The van der Waals surface area contributed by atoms with Gasteiger partial charge in [0.25, 0.3) is 0 Å². The zero-order valence-corrected chi connectivity index (χ0v) is 16.1. The third-order valence-electron chi connectivity index (χ3n) is 5.01. The Kier molecular flexibility index (Phi) is 6.58. The van der Waals surface area contributed by atoms with Crippen LogP contribution in [0.3, 0.4) is 0 Å². The summed E-state index contributed by atoms with van der Waals surface area (Å²) in [6, 6.07) is 16.3. The minimum absolute atomic E-state index is 0.00214. The first-order valence-corrected chi connectivity index (χ1v) is 9.58. The third kappa shape index (κ3) is 5.06. The zero-order chi connectivity index (χ0) is 19.9. The summed E-state index contributed by atoms with van der Waals surface area (Å²) in [5.74, 6) is -0.263. The molecular weight excluding hydrogens is 355 g/mol. The molecule has 4 nitrogen and oxygen atoms in total. The van der Waals surface area contributed by atoms with E-state index in [0.29, 0.717) is 43.7 Å². The molecule has 1 fully saturated rings. The second-order valence-electron chi connectivity index (χ2n) is 7.00. The second kappa shape index (κ2) is 9.31. The van der Waals surface area contributed by atoms with Crippen molar-refractivity contribution in [1.29, 1.82) is 0 Å². The van der Waals surface area contributed by atoms with Crippen molar-refractivity contribution in [2.75, 3.05) is 26.2 Å². The molecule has 1 aliphatic heterocycles. The van der Waals surface area contributed by atoms with Gasteiger partial charge < -0.3 is 9.80 Å². The Labute approximate surface area is 165 Å². The molecule has 1 aliphatic rings. The standard InChI is InChI=1S/C23H25FN2O2/c1-18(17-19-7-3-2-4-8-19)23(28)26-15-13-25(14-16-26)22(27)12-11-20-9-5-6-10-21(20)24/h2-10,17H,11-16H2,1H3/b18-17+. The van der Waals surface area contributed by atoms with Crippen LogP contribution in [0.2, 0.25) is 0 Å². The lowest BCUT2D eigenvalue weighted by Gasteiger charge is -2.35. The van der Waals surface area contributed by atoms with Gasteiger partial charge in [-0.25, -0.2) is 4.39 Å². The smallest absolute Gasteiger partial charge is 0.249 e. The van der Waals surface area contributed by atoms with Crippen molar-refractivity contribution >= 4 is 17.9 Å². The molecule has 5 heteroatoms. The first-order chi connectivity index (χ1) is 13.5. The first-order valence-electron chi connectivity index (χ1n) is 9.58. The highest BCUT2D eigenvalue weighted by Crippen LogP contribution is 2.14. The summed E-state index contributed by atoms with van der Waals surface area (Å²) in [4.78, 5) is 28.6. The van der Waals surface area contributed by atoms with Crippen LogP contribution in [0.15, 0.2) is 60.2 Å². The van der Waals surface area contributed by atoms with Gasteiger partial charge >= 0.3 is 0 Å². The maximum Gasteiger partial charge on any atom is 0.249 e. The molecule has 0 aromatic heterocycles. The SMILES string of the molecule is C/C(=C\c1ccccc1)C(=O)N1CCN(C(=O)CCc2ccccc2F)CC1. The van der Waals surface area contributed by atoms with Gasteiger partial charge in [-0.1, -0.05) is 48.5 Å². The summed E-state index contributed by atoms with van der Waals surface area (Å²) in [5.41, 5.74) is 2.24. The van der Waals surface area contributed by atoms with Gasteiger partial charge in [0, 0.05) is 38.2 Å². The van der Waals surface area contributed by atoms with Crippen LogP contribution in [0.4, 0.5) is 4.39 Å². The average Bonchev–Trinajstić information content (AvgIpc) is 2.73. The Hall–Kier alpha value is -2.95. The summed E-state index contributed by atoms with van der Waals surface area (Å²) in [6.45, 7) is 3.89. The Morgan fingerprint density at radius 1 is 0.929 bits per heavy atom. The van der Waals surface area contributed by atoms with Crippen molar-refractivity contribution in [1.82, 2.24) is 9.80 Å². The van der Waals surface area contributed by atoms with Gasteiger partial charge in [0.15, 0.2) is 0 Å². The average molecular weight is 380 g/mol. The van der Waals surface area contributed by atoms with Crippen molar-refractivity contribution in [2.45, 2.75) is 19.8 Å². The maximum atomic E-state index is 13.7. The molecule has 28 heavy (non-hydrogen) atoms. The Bertz CT molecular complexity index is 856. The molecule has 146 valence electrons. The van der Waals surface area contributed by atoms with E-state index in [0.717, 1.165) is 5.56 Å². The number of piperazine rings is 1. The molecule has 0 N–H and O–H groups in total. The molecule has 2 aromatic rings. The normalized spacial score (nSPS) is 14.9. The predicted octanol–water partition coefficient (Wildman–Crippen LogP) is 3.53. The third-order valence-corrected chi connectivity index (χ3v) is 5.01. The van der Waals surface area contributed by atoms with Crippen molar-refractivity contribution in [3.63, 3.8) is 0 Å². The Morgan fingerprint density at radius 2 is 1.54 bits per heavy atom. The van der Waals surface area contributed by atoms with Crippen LogP contribution in [0, 0.1) is 5.82 Å². The second-order valence-corrected chi connectivity index (χ2v) is 7.00. The first kappa shape index (κ1) is 19.8. The highest BCUT2D eigenvalue weighted by atomic mass is 19.1. The quantitative estimate of drug-likeness (QED) is 0.745. The van der Waals surface area contributed by atoms with Crippen LogP contribution < -0.4 is 0 Å². The highest BCUT2D eigenvalue weighted by molar-refractivity contribution is 5.97. The molecule has 0 atom stereocenters. The van der Waals surface area contributed by atoms with Crippen LogP contribution in [-0.4, -0.2) is 47.8 Å². The number of aryl methyl sites for hydroxylation is 1. The van der Waals surface area contributed by atoms with E-state index in [-0.39, 0.29) is 24.1 Å². The molecule has 0 spiro atoms. The van der Waals surface area contributed by atoms with E-state index in [1.165, 1.54) is 6.07 Å². The van der Waals surface area contributed by atoms with Gasteiger partial charge in [-0.15, -0.1) is 0 Å². The lowest BCUT2D eigenvalue weighted by Crippen LogP contribution is -2.50. The summed E-state index contributed by atoms with van der Waals surface area (Å²) in [5, 5.41) is 0. The van der Waals surface area contributed by atoms with E-state index in [2.05, 4.69) is 0 Å². The molecule has 0 radical (unpaired) electrons. The minimum Gasteiger partial charge on any atom is -0.339 e. The number of benzene rings is 2. The summed E-state index contributed by atoms with van der Waals surface area (Å²) < 4.78 is 13.7. The van der Waals surface area contributed by atoms with Crippen LogP contribution in [0.5, 0.6) is 0 Å². The van der Waals surface area contributed by atoms with Gasteiger partial charge in [-0.05, 0) is 36.6 Å². The number of rotatable bonds is 5. The molecular formula is C23H25FN2O2. The summed E-state index contributed by atoms with van der Waals surface area (Å²) in [7, 11) is 0. The number of hydrogen-bond donors (Lipinski definition) is 0. The van der Waals surface area contributed by atoms with Crippen molar-refractivity contribution in [3.8, 4) is 0 Å². The van der Waals surface area contributed by atoms with Gasteiger partial charge in [0.05, 0.1) is 0 Å².